The summed E-state index contributed by atoms with van der Waals surface area (Å²) < 4.78 is 25.5. The second kappa shape index (κ2) is 4.93. The van der Waals surface area contributed by atoms with E-state index < -0.39 is 0 Å². The molecule has 0 saturated heterocycles. The largest absolute Gasteiger partial charge is 0.466 e. The summed E-state index contributed by atoms with van der Waals surface area (Å²) in [6.07, 6.45) is 3.17. The number of fused-ring (bicyclic) bond motifs is 1. The van der Waals surface area contributed by atoms with Crippen LogP contribution in [0.3, 0.4) is 0 Å². The molecule has 20 heavy (non-hydrogen) atoms. The van der Waals surface area contributed by atoms with Gasteiger partial charge in [0.1, 0.15) is 11.6 Å². The molecule has 3 rings (SSSR count). The molecular weight excluding hydrogens is 263 g/mol. The van der Waals surface area contributed by atoms with Gasteiger partial charge in [-0.1, -0.05) is 0 Å². The molecule has 0 atom stereocenters. The van der Waals surface area contributed by atoms with E-state index in [1.807, 2.05) is 6.92 Å². The van der Waals surface area contributed by atoms with Crippen molar-refractivity contribution in [2.75, 3.05) is 12.5 Å². The molecule has 2 N–H and O–H groups in total. The Morgan fingerprint density at radius 3 is 3.10 bits per heavy atom. The van der Waals surface area contributed by atoms with Crippen molar-refractivity contribution in [2.24, 2.45) is 5.10 Å². The summed E-state index contributed by atoms with van der Waals surface area (Å²) in [6, 6.07) is 2.75. The molecule has 0 bridgehead atoms. The van der Waals surface area contributed by atoms with Crippen molar-refractivity contribution in [3.8, 4) is 5.75 Å². The number of ether oxygens (including phenoxy) is 2. The Hall–Kier alpha value is -2.41. The molecule has 2 heterocycles. The molecule has 0 radical (unpaired) electrons. The molecule has 2 aromatic rings. The van der Waals surface area contributed by atoms with Gasteiger partial charge in [0.2, 0.25) is 5.95 Å². The number of benzene rings is 1. The molecule has 0 aliphatic carbocycles. The van der Waals surface area contributed by atoms with Crippen LogP contribution in [0.1, 0.15) is 16.8 Å². The quantitative estimate of drug-likeness (QED) is 0.846. The van der Waals surface area contributed by atoms with Crippen molar-refractivity contribution in [3.05, 3.63) is 41.0 Å². The van der Waals surface area contributed by atoms with Crippen molar-refractivity contribution in [1.82, 2.24) is 9.66 Å². The molecule has 0 amide bonds. The zero-order valence-corrected chi connectivity index (χ0v) is 10.8. The van der Waals surface area contributed by atoms with Gasteiger partial charge in [0.25, 0.3) is 0 Å². The van der Waals surface area contributed by atoms with Crippen LogP contribution in [0.15, 0.2) is 23.4 Å². The van der Waals surface area contributed by atoms with Crippen molar-refractivity contribution < 1.29 is 13.9 Å². The lowest BCUT2D eigenvalue weighted by Crippen LogP contribution is -2.13. The van der Waals surface area contributed by atoms with Gasteiger partial charge >= 0.3 is 0 Å². The van der Waals surface area contributed by atoms with Gasteiger partial charge in [-0.05, 0) is 19.1 Å². The van der Waals surface area contributed by atoms with Gasteiger partial charge in [-0.25, -0.2) is 14.1 Å². The van der Waals surface area contributed by atoms with E-state index in [1.54, 1.807) is 6.20 Å². The zero-order chi connectivity index (χ0) is 14.1. The van der Waals surface area contributed by atoms with E-state index in [4.69, 9.17) is 15.2 Å². The van der Waals surface area contributed by atoms with Gasteiger partial charge in [-0.2, -0.15) is 5.10 Å². The Labute approximate surface area is 114 Å². The van der Waals surface area contributed by atoms with Gasteiger partial charge in [0.05, 0.1) is 24.7 Å². The standard InChI is InChI=1S/C13H13FN4O2/c1-8-5-18(13(15)17-8)16-4-9-2-11(14)3-10-6-19-7-20-12(9)10/h2-5H,6-7H2,1H3,(H2,15,17). The molecular formula is C13H13FN4O2. The third-order valence-corrected chi connectivity index (χ3v) is 2.86. The Morgan fingerprint density at radius 2 is 2.35 bits per heavy atom. The monoisotopic (exact) mass is 276 g/mol. The van der Waals surface area contributed by atoms with E-state index in [9.17, 15) is 4.39 Å². The summed E-state index contributed by atoms with van der Waals surface area (Å²) in [7, 11) is 0. The molecule has 6 nitrogen and oxygen atoms in total. The average Bonchev–Trinajstić information content (AvgIpc) is 2.74. The van der Waals surface area contributed by atoms with Crippen LogP contribution in [0.2, 0.25) is 0 Å². The number of nitrogens with zero attached hydrogens (tertiary/aromatic N) is 3. The molecule has 1 aliphatic heterocycles. The lowest BCUT2D eigenvalue weighted by Gasteiger charge is -2.19. The normalized spacial score (nSPS) is 14.3. The van der Waals surface area contributed by atoms with Crippen molar-refractivity contribution in [3.63, 3.8) is 0 Å². The van der Waals surface area contributed by atoms with Gasteiger partial charge in [0.15, 0.2) is 6.79 Å². The van der Waals surface area contributed by atoms with E-state index in [-0.39, 0.29) is 18.6 Å². The maximum absolute atomic E-state index is 13.5. The second-order valence-electron chi connectivity index (χ2n) is 4.42. The van der Waals surface area contributed by atoms with Crippen LogP contribution in [-0.2, 0) is 11.3 Å². The Kier molecular flexibility index (Phi) is 3.11. The van der Waals surface area contributed by atoms with Gasteiger partial charge < -0.3 is 15.2 Å². The first kappa shape index (κ1) is 12.6. The summed E-state index contributed by atoms with van der Waals surface area (Å²) in [6.45, 7) is 2.28. The molecule has 0 fully saturated rings. The lowest BCUT2D eigenvalue weighted by atomic mass is 10.1. The zero-order valence-electron chi connectivity index (χ0n) is 10.8. The third-order valence-electron chi connectivity index (χ3n) is 2.86. The van der Waals surface area contributed by atoms with Crippen molar-refractivity contribution in [2.45, 2.75) is 13.5 Å². The number of nitrogen functional groups attached to an aromatic ring is 1. The first-order valence-electron chi connectivity index (χ1n) is 6.02. The summed E-state index contributed by atoms with van der Waals surface area (Å²) in [5, 5.41) is 4.16. The Balaban J connectivity index is 1.98. The predicted octanol–water partition coefficient (Wildman–Crippen LogP) is 1.66. The third kappa shape index (κ3) is 2.35. The fraction of sp³-hybridized carbons (Fsp3) is 0.231. The van der Waals surface area contributed by atoms with Crippen LogP contribution in [0.25, 0.3) is 0 Å². The summed E-state index contributed by atoms with van der Waals surface area (Å²) in [5.41, 5.74) is 7.64. The number of imidazole rings is 1. The maximum Gasteiger partial charge on any atom is 0.221 e. The van der Waals surface area contributed by atoms with Crippen LogP contribution in [0.5, 0.6) is 5.75 Å². The molecule has 1 aromatic heterocycles. The number of rotatable bonds is 2. The highest BCUT2D eigenvalue weighted by Gasteiger charge is 2.16. The predicted molar refractivity (Wildman–Crippen MR) is 71.1 cm³/mol. The van der Waals surface area contributed by atoms with Crippen LogP contribution >= 0.6 is 0 Å². The number of hydrogen-bond acceptors (Lipinski definition) is 5. The summed E-state index contributed by atoms with van der Waals surface area (Å²) in [5.74, 6) is 0.485. The van der Waals surface area contributed by atoms with Gasteiger partial charge in [-0.15, -0.1) is 0 Å². The molecule has 1 aliphatic rings. The summed E-state index contributed by atoms with van der Waals surface area (Å²) >= 11 is 0. The van der Waals surface area contributed by atoms with Gasteiger partial charge in [-0.3, -0.25) is 0 Å². The minimum Gasteiger partial charge on any atom is -0.466 e. The smallest absolute Gasteiger partial charge is 0.221 e. The lowest BCUT2D eigenvalue weighted by molar-refractivity contribution is -0.0166. The van der Waals surface area contributed by atoms with Crippen molar-refractivity contribution in [1.29, 1.82) is 0 Å². The Morgan fingerprint density at radius 1 is 1.50 bits per heavy atom. The SMILES string of the molecule is Cc1cn(N=Cc2cc(F)cc3c2OCOC3)c(N)n1. The second-order valence-corrected chi connectivity index (χ2v) is 4.42. The molecule has 0 unspecified atom stereocenters. The van der Waals surface area contributed by atoms with E-state index in [2.05, 4.69) is 10.1 Å². The number of anilines is 1. The molecule has 0 spiro atoms. The van der Waals surface area contributed by atoms with E-state index >= 15 is 0 Å². The number of aromatic nitrogens is 2. The van der Waals surface area contributed by atoms with Crippen LogP contribution in [-0.4, -0.2) is 22.7 Å². The van der Waals surface area contributed by atoms with Gasteiger partial charge in [0, 0.05) is 11.1 Å². The number of halogens is 1. The number of nitrogens with two attached hydrogens (primary N) is 1. The van der Waals surface area contributed by atoms with Crippen molar-refractivity contribution >= 4 is 12.2 Å². The Bertz CT molecular complexity index is 681. The number of hydrogen-bond donors (Lipinski definition) is 1. The first-order valence-corrected chi connectivity index (χ1v) is 6.02. The van der Waals surface area contributed by atoms with E-state index in [0.29, 0.717) is 23.5 Å². The molecule has 104 valence electrons. The van der Waals surface area contributed by atoms with Crippen LogP contribution in [0, 0.1) is 12.7 Å². The summed E-state index contributed by atoms with van der Waals surface area (Å²) in [4.78, 5) is 4.03. The van der Waals surface area contributed by atoms with E-state index in [0.717, 1.165) is 5.69 Å². The highest BCUT2D eigenvalue weighted by atomic mass is 19.1. The minimum atomic E-state index is -0.367. The van der Waals surface area contributed by atoms with Crippen LogP contribution in [0.4, 0.5) is 10.3 Å². The van der Waals surface area contributed by atoms with E-state index in [1.165, 1.54) is 23.0 Å². The topological polar surface area (TPSA) is 74.7 Å². The first-order chi connectivity index (χ1) is 9.63. The maximum atomic E-state index is 13.5. The average molecular weight is 276 g/mol. The van der Waals surface area contributed by atoms with Crippen LogP contribution < -0.4 is 10.5 Å². The fourth-order valence-electron chi connectivity index (χ4n) is 2.03. The highest BCUT2D eigenvalue weighted by molar-refractivity contribution is 5.84. The molecule has 0 saturated carbocycles. The fourth-order valence-corrected chi connectivity index (χ4v) is 2.03. The molecule has 1 aromatic carbocycles. The minimum absolute atomic E-state index is 0.145. The molecule has 7 heteroatoms. The number of aryl methyl sites for hydroxylation is 1. The highest BCUT2D eigenvalue weighted by Crippen LogP contribution is 2.28.